The van der Waals surface area contributed by atoms with Crippen LogP contribution in [0.4, 0.5) is 0 Å². The predicted octanol–water partition coefficient (Wildman–Crippen LogP) is 3.43. The minimum Gasteiger partial charge on any atom is -0.457 e. The Morgan fingerprint density at radius 3 is 2.79 bits per heavy atom. The summed E-state index contributed by atoms with van der Waals surface area (Å²) in [6.45, 7) is 2.80. The number of nitrogens with zero attached hydrogens (tertiary/aromatic N) is 1. The fourth-order valence-electron chi connectivity index (χ4n) is 1.95. The molecule has 1 aliphatic carbocycles. The van der Waals surface area contributed by atoms with Gasteiger partial charge in [0, 0.05) is 36.1 Å². The van der Waals surface area contributed by atoms with Crippen LogP contribution in [0.15, 0.2) is 42.6 Å². The number of benzene rings is 1. The van der Waals surface area contributed by atoms with Crippen LogP contribution in [0.2, 0.25) is 0 Å². The lowest BCUT2D eigenvalue weighted by atomic mass is 10.2. The van der Waals surface area contributed by atoms with E-state index in [1.165, 1.54) is 12.8 Å². The van der Waals surface area contributed by atoms with Gasteiger partial charge in [0.1, 0.15) is 11.5 Å². The molecule has 2 aromatic rings. The number of ether oxygens (including phenoxy) is 1. The molecule has 1 aromatic heterocycles. The summed E-state index contributed by atoms with van der Waals surface area (Å²) in [5, 5.41) is 3.50. The molecule has 1 heterocycles. The number of rotatable bonds is 5. The Labute approximate surface area is 113 Å². The Balaban J connectivity index is 1.78. The minimum absolute atomic E-state index is 0.686. The van der Waals surface area contributed by atoms with E-state index in [1.807, 2.05) is 49.5 Å². The molecule has 0 bridgehead atoms. The molecule has 0 spiro atoms. The lowest BCUT2D eigenvalue weighted by Gasteiger charge is -2.12. The molecule has 1 aromatic carbocycles. The number of hydrogen-bond donors (Lipinski definition) is 1. The van der Waals surface area contributed by atoms with Gasteiger partial charge in [0.05, 0.1) is 0 Å². The maximum atomic E-state index is 5.96. The molecule has 0 amide bonds. The summed E-state index contributed by atoms with van der Waals surface area (Å²) in [6, 6.07) is 12.6. The molecule has 0 unspecified atom stereocenters. The van der Waals surface area contributed by atoms with Crippen LogP contribution >= 0.6 is 0 Å². The molecule has 1 N–H and O–H groups in total. The van der Waals surface area contributed by atoms with Crippen molar-refractivity contribution in [3.63, 3.8) is 0 Å². The maximum Gasteiger partial charge on any atom is 0.135 e. The van der Waals surface area contributed by atoms with Gasteiger partial charge in [-0.25, -0.2) is 0 Å². The van der Waals surface area contributed by atoms with Crippen LogP contribution in [-0.4, -0.2) is 11.0 Å². The van der Waals surface area contributed by atoms with E-state index in [2.05, 4.69) is 10.3 Å². The van der Waals surface area contributed by atoms with Crippen LogP contribution in [0.1, 0.15) is 24.1 Å². The highest BCUT2D eigenvalue weighted by Crippen LogP contribution is 2.26. The van der Waals surface area contributed by atoms with Crippen molar-refractivity contribution in [1.29, 1.82) is 0 Å². The van der Waals surface area contributed by atoms with Crippen LogP contribution < -0.4 is 10.1 Å². The molecule has 0 saturated heterocycles. The van der Waals surface area contributed by atoms with Gasteiger partial charge in [-0.2, -0.15) is 0 Å². The van der Waals surface area contributed by atoms with E-state index < -0.39 is 0 Å². The van der Waals surface area contributed by atoms with Gasteiger partial charge >= 0.3 is 0 Å². The number of pyridine rings is 1. The average molecular weight is 254 g/mol. The Bertz CT molecular complexity index is 550. The van der Waals surface area contributed by atoms with Crippen LogP contribution in [0.3, 0.4) is 0 Å². The lowest BCUT2D eigenvalue weighted by Crippen LogP contribution is -2.16. The van der Waals surface area contributed by atoms with Gasteiger partial charge in [-0.15, -0.1) is 0 Å². The van der Waals surface area contributed by atoms with Crippen molar-refractivity contribution in [1.82, 2.24) is 10.3 Å². The first-order valence-electron chi connectivity index (χ1n) is 6.73. The molecule has 3 heteroatoms. The minimum atomic E-state index is 0.686. The second-order valence-corrected chi connectivity index (χ2v) is 5.00. The molecule has 0 aliphatic heterocycles. The largest absolute Gasteiger partial charge is 0.457 e. The molecule has 3 rings (SSSR count). The van der Waals surface area contributed by atoms with Gasteiger partial charge in [-0.05, 0) is 31.9 Å². The first kappa shape index (κ1) is 12.2. The molecule has 0 radical (unpaired) electrons. The highest BCUT2D eigenvalue weighted by Gasteiger charge is 2.20. The van der Waals surface area contributed by atoms with E-state index in [0.717, 1.165) is 29.3 Å². The molecule has 98 valence electrons. The Morgan fingerprint density at radius 2 is 2.05 bits per heavy atom. The molecule has 19 heavy (non-hydrogen) atoms. The summed E-state index contributed by atoms with van der Waals surface area (Å²) in [5.74, 6) is 1.76. The zero-order valence-corrected chi connectivity index (χ0v) is 11.1. The van der Waals surface area contributed by atoms with Crippen molar-refractivity contribution in [2.24, 2.45) is 0 Å². The summed E-state index contributed by atoms with van der Waals surface area (Å²) < 4.78 is 5.96. The lowest BCUT2D eigenvalue weighted by molar-refractivity contribution is 0.471. The first-order valence-corrected chi connectivity index (χ1v) is 6.73. The topological polar surface area (TPSA) is 34.1 Å². The standard InChI is InChI=1S/C16H18N2O/c1-12-9-16(19-15-5-3-2-4-6-15)13(10-17-12)11-18-14-7-8-14/h2-6,9-10,14,18H,7-8,11H2,1H3. The van der Waals surface area contributed by atoms with E-state index in [9.17, 15) is 0 Å². The molecule has 1 saturated carbocycles. The third-order valence-corrected chi connectivity index (χ3v) is 3.21. The summed E-state index contributed by atoms with van der Waals surface area (Å²) >= 11 is 0. The Kier molecular flexibility index (Phi) is 3.47. The number of nitrogens with one attached hydrogen (secondary N) is 1. The van der Waals surface area contributed by atoms with Crippen LogP contribution in [0.25, 0.3) is 0 Å². The number of hydrogen-bond acceptors (Lipinski definition) is 3. The Morgan fingerprint density at radius 1 is 1.26 bits per heavy atom. The molecule has 1 fully saturated rings. The highest BCUT2D eigenvalue weighted by molar-refractivity contribution is 5.37. The van der Waals surface area contributed by atoms with Crippen molar-refractivity contribution in [3.8, 4) is 11.5 Å². The van der Waals surface area contributed by atoms with Gasteiger partial charge in [0.2, 0.25) is 0 Å². The average Bonchev–Trinajstić information content (AvgIpc) is 3.23. The maximum absolute atomic E-state index is 5.96. The van der Waals surface area contributed by atoms with Crippen molar-refractivity contribution < 1.29 is 4.74 Å². The zero-order valence-electron chi connectivity index (χ0n) is 11.1. The quantitative estimate of drug-likeness (QED) is 0.887. The summed E-state index contributed by atoms with van der Waals surface area (Å²) in [6.07, 6.45) is 4.48. The van der Waals surface area contributed by atoms with Gasteiger partial charge in [-0.3, -0.25) is 4.98 Å². The van der Waals surface area contributed by atoms with Crippen LogP contribution in [-0.2, 0) is 6.54 Å². The van der Waals surface area contributed by atoms with Crippen LogP contribution in [0, 0.1) is 6.92 Å². The molecular formula is C16H18N2O. The third kappa shape index (κ3) is 3.32. The number of para-hydroxylation sites is 1. The summed E-state index contributed by atoms with van der Waals surface area (Å²) in [4.78, 5) is 4.36. The first-order chi connectivity index (χ1) is 9.31. The Hall–Kier alpha value is -1.87. The van der Waals surface area contributed by atoms with Crippen LogP contribution in [0.5, 0.6) is 11.5 Å². The second-order valence-electron chi connectivity index (χ2n) is 5.00. The fraction of sp³-hybridized carbons (Fsp3) is 0.312. The molecule has 0 atom stereocenters. The molecule has 1 aliphatic rings. The van der Waals surface area contributed by atoms with Gasteiger partial charge in [-0.1, -0.05) is 18.2 Å². The van der Waals surface area contributed by atoms with E-state index >= 15 is 0 Å². The number of aryl methyl sites for hydroxylation is 1. The van der Waals surface area contributed by atoms with E-state index in [4.69, 9.17) is 4.74 Å². The molecular weight excluding hydrogens is 236 g/mol. The van der Waals surface area contributed by atoms with E-state index in [-0.39, 0.29) is 0 Å². The smallest absolute Gasteiger partial charge is 0.135 e. The number of aromatic nitrogens is 1. The van der Waals surface area contributed by atoms with Crippen molar-refractivity contribution in [2.45, 2.75) is 32.4 Å². The van der Waals surface area contributed by atoms with Gasteiger partial charge < -0.3 is 10.1 Å². The molecule has 3 nitrogen and oxygen atoms in total. The third-order valence-electron chi connectivity index (χ3n) is 3.21. The second kappa shape index (κ2) is 5.41. The summed E-state index contributed by atoms with van der Waals surface area (Å²) in [7, 11) is 0. The van der Waals surface area contributed by atoms with E-state index in [0.29, 0.717) is 6.04 Å². The highest BCUT2D eigenvalue weighted by atomic mass is 16.5. The van der Waals surface area contributed by atoms with Gasteiger partial charge in [0.25, 0.3) is 0 Å². The van der Waals surface area contributed by atoms with Crippen molar-refractivity contribution in [2.75, 3.05) is 0 Å². The van der Waals surface area contributed by atoms with Gasteiger partial charge in [0.15, 0.2) is 0 Å². The zero-order chi connectivity index (χ0) is 13.1. The predicted molar refractivity (Wildman–Crippen MR) is 75.4 cm³/mol. The van der Waals surface area contributed by atoms with E-state index in [1.54, 1.807) is 0 Å². The van der Waals surface area contributed by atoms with Crippen molar-refractivity contribution >= 4 is 0 Å². The summed E-state index contributed by atoms with van der Waals surface area (Å²) in [5.41, 5.74) is 2.09. The SMILES string of the molecule is Cc1cc(Oc2ccccc2)c(CNC2CC2)cn1. The normalized spacial score (nSPS) is 14.4. The fourth-order valence-corrected chi connectivity index (χ4v) is 1.95. The monoisotopic (exact) mass is 254 g/mol. The van der Waals surface area contributed by atoms with Crippen molar-refractivity contribution in [3.05, 3.63) is 53.9 Å².